The number of benzene rings is 3. The maximum Gasteiger partial charge on any atom is 0.416 e. The lowest BCUT2D eigenvalue weighted by atomic mass is 10.1. The Morgan fingerprint density at radius 2 is 1.75 bits per heavy atom. The number of imide groups is 1. The van der Waals surface area contributed by atoms with Gasteiger partial charge >= 0.3 is 6.18 Å². The van der Waals surface area contributed by atoms with Crippen molar-refractivity contribution in [2.45, 2.75) is 12.7 Å². The van der Waals surface area contributed by atoms with Gasteiger partial charge < -0.3 is 10.1 Å². The van der Waals surface area contributed by atoms with E-state index in [1.165, 1.54) is 31.4 Å². The van der Waals surface area contributed by atoms with Crippen LogP contribution in [0.15, 0.2) is 77.7 Å². The van der Waals surface area contributed by atoms with Crippen molar-refractivity contribution in [1.82, 2.24) is 4.90 Å². The van der Waals surface area contributed by atoms with E-state index in [1.807, 2.05) is 0 Å². The number of rotatable bonds is 6. The van der Waals surface area contributed by atoms with Crippen LogP contribution in [0, 0.1) is 0 Å². The molecule has 1 N–H and O–H groups in total. The lowest BCUT2D eigenvalue weighted by Gasteiger charge is -2.13. The maximum atomic E-state index is 12.9. The highest BCUT2D eigenvalue weighted by atomic mass is 32.2. The van der Waals surface area contributed by atoms with Gasteiger partial charge in [-0.05, 0) is 59.8 Å². The van der Waals surface area contributed by atoms with Crippen LogP contribution in [0.25, 0.3) is 6.08 Å². The standard InChI is InChI=1S/C26H19F3N2O4S/c1-35-21-8-3-2-5-18(21)13-22-24(33)31(25(34)36-22)15-16-9-11-17(12-10-16)23(32)30-20-7-4-6-19(14-20)26(27,28)29/h2-14H,15H2,1H3,(H,30,32)/b22-13-. The molecule has 1 fully saturated rings. The van der Waals surface area contributed by atoms with E-state index in [4.69, 9.17) is 4.74 Å². The van der Waals surface area contributed by atoms with Crippen LogP contribution in [0.2, 0.25) is 0 Å². The highest BCUT2D eigenvalue weighted by Crippen LogP contribution is 2.35. The first-order valence-electron chi connectivity index (χ1n) is 10.6. The number of carbonyl (C=O) groups is 3. The predicted molar refractivity (Wildman–Crippen MR) is 130 cm³/mol. The topological polar surface area (TPSA) is 75.7 Å². The number of alkyl halides is 3. The highest BCUT2D eigenvalue weighted by Gasteiger charge is 2.35. The van der Waals surface area contributed by atoms with Crippen LogP contribution in [0.1, 0.15) is 27.0 Å². The van der Waals surface area contributed by atoms with Crippen molar-refractivity contribution in [2.24, 2.45) is 0 Å². The number of carbonyl (C=O) groups excluding carboxylic acids is 3. The second kappa shape index (κ2) is 10.3. The van der Waals surface area contributed by atoms with Gasteiger partial charge in [-0.25, -0.2) is 0 Å². The predicted octanol–water partition coefficient (Wildman–Crippen LogP) is 6.20. The molecule has 3 aromatic carbocycles. The molecule has 0 aromatic heterocycles. The second-order valence-electron chi connectivity index (χ2n) is 7.74. The summed E-state index contributed by atoms with van der Waals surface area (Å²) < 4.78 is 43.9. The van der Waals surface area contributed by atoms with E-state index in [0.29, 0.717) is 16.9 Å². The molecule has 4 rings (SSSR count). The van der Waals surface area contributed by atoms with E-state index in [0.717, 1.165) is 28.8 Å². The van der Waals surface area contributed by atoms with Crippen LogP contribution in [0.5, 0.6) is 5.75 Å². The van der Waals surface area contributed by atoms with Gasteiger partial charge in [0.15, 0.2) is 0 Å². The van der Waals surface area contributed by atoms with E-state index in [1.54, 1.807) is 42.5 Å². The van der Waals surface area contributed by atoms with E-state index in [-0.39, 0.29) is 22.7 Å². The van der Waals surface area contributed by atoms with Gasteiger partial charge in [0.2, 0.25) is 0 Å². The maximum absolute atomic E-state index is 12.9. The van der Waals surface area contributed by atoms with Crippen molar-refractivity contribution in [3.05, 3.63) is 100.0 Å². The minimum Gasteiger partial charge on any atom is -0.496 e. The number of methoxy groups -OCH3 is 1. The number of amides is 3. The first-order chi connectivity index (χ1) is 17.2. The summed E-state index contributed by atoms with van der Waals surface area (Å²) in [6.45, 7) is 0.00343. The first kappa shape index (κ1) is 25.1. The molecule has 0 unspecified atom stereocenters. The third-order valence-corrected chi connectivity index (χ3v) is 6.21. The van der Waals surface area contributed by atoms with E-state index in [2.05, 4.69) is 5.32 Å². The van der Waals surface area contributed by atoms with Crippen LogP contribution in [-0.2, 0) is 17.5 Å². The number of anilines is 1. The van der Waals surface area contributed by atoms with Crippen molar-refractivity contribution in [3.63, 3.8) is 0 Å². The SMILES string of the molecule is COc1ccccc1/C=C1\SC(=O)N(Cc2ccc(C(=O)Nc3cccc(C(F)(F)F)c3)cc2)C1=O. The number of halogens is 3. The van der Waals surface area contributed by atoms with Crippen LogP contribution in [-0.4, -0.2) is 29.1 Å². The molecule has 0 aliphatic carbocycles. The fourth-order valence-corrected chi connectivity index (χ4v) is 4.31. The van der Waals surface area contributed by atoms with Gasteiger partial charge in [0.05, 0.1) is 24.1 Å². The van der Waals surface area contributed by atoms with Gasteiger partial charge in [0, 0.05) is 16.8 Å². The monoisotopic (exact) mass is 512 g/mol. The van der Waals surface area contributed by atoms with E-state index >= 15 is 0 Å². The van der Waals surface area contributed by atoms with Crippen molar-refractivity contribution in [3.8, 4) is 5.75 Å². The molecule has 0 bridgehead atoms. The Balaban J connectivity index is 1.43. The fraction of sp³-hybridized carbons (Fsp3) is 0.115. The molecule has 0 radical (unpaired) electrons. The summed E-state index contributed by atoms with van der Waals surface area (Å²) >= 11 is 0.826. The number of nitrogens with one attached hydrogen (secondary N) is 1. The molecular formula is C26H19F3N2O4S. The molecule has 1 saturated heterocycles. The Kier molecular flexibility index (Phi) is 7.16. The Morgan fingerprint density at radius 3 is 2.44 bits per heavy atom. The highest BCUT2D eigenvalue weighted by molar-refractivity contribution is 8.18. The number of thioether (sulfide) groups is 1. The minimum atomic E-state index is -4.52. The zero-order valence-corrected chi connectivity index (χ0v) is 19.7. The Labute approximate surface area is 208 Å². The molecule has 3 aromatic rings. The summed E-state index contributed by atoms with van der Waals surface area (Å²) in [6.07, 6.45) is -2.92. The van der Waals surface area contributed by atoms with Crippen LogP contribution in [0.3, 0.4) is 0 Å². The first-order valence-corrected chi connectivity index (χ1v) is 11.4. The van der Waals surface area contributed by atoms with E-state index < -0.39 is 28.8 Å². The van der Waals surface area contributed by atoms with Crippen molar-refractivity contribution in [1.29, 1.82) is 0 Å². The molecule has 10 heteroatoms. The van der Waals surface area contributed by atoms with Crippen molar-refractivity contribution in [2.75, 3.05) is 12.4 Å². The average Bonchev–Trinajstić information content (AvgIpc) is 3.11. The van der Waals surface area contributed by atoms with Gasteiger partial charge in [-0.15, -0.1) is 0 Å². The minimum absolute atomic E-state index is 0.00343. The summed E-state index contributed by atoms with van der Waals surface area (Å²) in [6, 6.07) is 17.6. The summed E-state index contributed by atoms with van der Waals surface area (Å²) in [5.41, 5.74) is 0.626. The number of hydrogen-bond acceptors (Lipinski definition) is 5. The number of ether oxygens (including phenoxy) is 1. The van der Waals surface area contributed by atoms with E-state index in [9.17, 15) is 27.6 Å². The molecule has 184 valence electrons. The van der Waals surface area contributed by atoms with Crippen molar-refractivity contribution < 1.29 is 32.3 Å². The lowest BCUT2D eigenvalue weighted by Crippen LogP contribution is -2.27. The largest absolute Gasteiger partial charge is 0.496 e. The summed E-state index contributed by atoms with van der Waals surface area (Å²) in [4.78, 5) is 39.1. The smallest absolute Gasteiger partial charge is 0.416 e. The lowest BCUT2D eigenvalue weighted by molar-refractivity contribution is -0.137. The van der Waals surface area contributed by atoms with Crippen molar-refractivity contribution >= 4 is 40.6 Å². The van der Waals surface area contributed by atoms with Crippen LogP contribution >= 0.6 is 11.8 Å². The Hall–Kier alpha value is -4.05. The zero-order valence-electron chi connectivity index (χ0n) is 18.8. The number of nitrogens with zero attached hydrogens (tertiary/aromatic N) is 1. The Bertz CT molecular complexity index is 1350. The Morgan fingerprint density at radius 1 is 1.03 bits per heavy atom. The molecule has 3 amide bonds. The van der Waals surface area contributed by atoms with Gasteiger partial charge in [-0.3, -0.25) is 19.3 Å². The quantitative estimate of drug-likeness (QED) is 0.398. The average molecular weight is 513 g/mol. The number of hydrogen-bond donors (Lipinski definition) is 1. The molecule has 0 saturated carbocycles. The number of para-hydroxylation sites is 1. The second-order valence-corrected chi connectivity index (χ2v) is 8.73. The van der Waals surface area contributed by atoms with Gasteiger partial charge in [-0.1, -0.05) is 36.4 Å². The molecule has 1 aliphatic rings. The van der Waals surface area contributed by atoms with Crippen LogP contribution < -0.4 is 10.1 Å². The van der Waals surface area contributed by atoms with Gasteiger partial charge in [0.25, 0.3) is 17.1 Å². The van der Waals surface area contributed by atoms with Crippen LogP contribution in [0.4, 0.5) is 23.7 Å². The van der Waals surface area contributed by atoms with Gasteiger partial charge in [0.1, 0.15) is 5.75 Å². The molecule has 1 aliphatic heterocycles. The molecular weight excluding hydrogens is 493 g/mol. The molecule has 0 atom stereocenters. The molecule has 6 nitrogen and oxygen atoms in total. The summed E-state index contributed by atoms with van der Waals surface area (Å²) in [7, 11) is 1.52. The molecule has 36 heavy (non-hydrogen) atoms. The third-order valence-electron chi connectivity index (χ3n) is 5.30. The normalized spacial score (nSPS) is 14.9. The zero-order chi connectivity index (χ0) is 25.9. The van der Waals surface area contributed by atoms with Gasteiger partial charge in [-0.2, -0.15) is 13.2 Å². The molecule has 1 heterocycles. The summed E-state index contributed by atoms with van der Waals surface area (Å²) in [5, 5.41) is 2.01. The summed E-state index contributed by atoms with van der Waals surface area (Å²) in [5.74, 6) is -0.461. The third kappa shape index (κ3) is 5.60. The fourth-order valence-electron chi connectivity index (χ4n) is 3.48. The molecule has 0 spiro atoms.